The highest BCUT2D eigenvalue weighted by molar-refractivity contribution is 5.77. The van der Waals surface area contributed by atoms with Gasteiger partial charge in [-0.25, -0.2) is 9.59 Å². The second-order valence-electron chi connectivity index (χ2n) is 8.48. The number of hydrogen-bond acceptors (Lipinski definition) is 5. The van der Waals surface area contributed by atoms with E-state index < -0.39 is 35.8 Å². The van der Waals surface area contributed by atoms with Crippen LogP contribution in [0.1, 0.15) is 46.1 Å². The van der Waals surface area contributed by atoms with Crippen LogP contribution in [-0.4, -0.2) is 63.8 Å². The Bertz CT molecular complexity index is 720. The highest BCUT2D eigenvalue weighted by Crippen LogP contribution is 2.30. The minimum absolute atomic E-state index is 0.0654. The zero-order chi connectivity index (χ0) is 21.7. The van der Waals surface area contributed by atoms with Crippen molar-refractivity contribution in [3.63, 3.8) is 0 Å². The van der Waals surface area contributed by atoms with Crippen molar-refractivity contribution in [3.05, 3.63) is 35.9 Å². The van der Waals surface area contributed by atoms with Crippen LogP contribution in [0, 0.1) is 0 Å². The molecule has 0 unspecified atom stereocenters. The minimum atomic E-state index is -1.11. The standard InChI is InChI=1S/C21H30N2O6/c1-20(2,3)29-18(26)22-12-10-21(4,11-13-22)23(14-17(24)25)19(27)28-15-16-8-6-5-7-9-16/h5-9H,10-15H2,1-4H3,(H,24,25). The Hall–Kier alpha value is -2.77. The molecule has 0 aliphatic carbocycles. The van der Waals surface area contributed by atoms with Crippen molar-refractivity contribution in [1.82, 2.24) is 9.80 Å². The number of rotatable bonds is 5. The van der Waals surface area contributed by atoms with E-state index >= 15 is 0 Å². The van der Waals surface area contributed by atoms with Gasteiger partial charge in [-0.1, -0.05) is 30.3 Å². The Morgan fingerprint density at radius 2 is 1.72 bits per heavy atom. The van der Waals surface area contributed by atoms with Gasteiger partial charge >= 0.3 is 18.2 Å². The molecular weight excluding hydrogens is 376 g/mol. The van der Waals surface area contributed by atoms with E-state index in [2.05, 4.69) is 0 Å². The van der Waals surface area contributed by atoms with E-state index in [4.69, 9.17) is 9.47 Å². The molecule has 8 nitrogen and oxygen atoms in total. The number of carboxylic acids is 1. The third kappa shape index (κ3) is 6.66. The highest BCUT2D eigenvalue weighted by Gasteiger charge is 2.41. The maximum absolute atomic E-state index is 12.7. The van der Waals surface area contributed by atoms with Crippen LogP contribution in [0.25, 0.3) is 0 Å². The lowest BCUT2D eigenvalue weighted by atomic mass is 9.88. The molecule has 0 spiro atoms. The molecule has 0 radical (unpaired) electrons. The summed E-state index contributed by atoms with van der Waals surface area (Å²) in [5.41, 5.74) is -0.500. The lowest BCUT2D eigenvalue weighted by Gasteiger charge is -2.45. The van der Waals surface area contributed by atoms with E-state index in [9.17, 15) is 19.5 Å². The van der Waals surface area contributed by atoms with Gasteiger partial charge in [0.2, 0.25) is 0 Å². The summed E-state index contributed by atoms with van der Waals surface area (Å²) in [7, 11) is 0. The van der Waals surface area contributed by atoms with Gasteiger partial charge in [-0.15, -0.1) is 0 Å². The smallest absolute Gasteiger partial charge is 0.411 e. The number of hydrogen-bond donors (Lipinski definition) is 1. The predicted molar refractivity (Wildman–Crippen MR) is 106 cm³/mol. The van der Waals surface area contributed by atoms with Crippen molar-refractivity contribution in [2.75, 3.05) is 19.6 Å². The maximum atomic E-state index is 12.7. The van der Waals surface area contributed by atoms with Gasteiger partial charge in [0.1, 0.15) is 18.8 Å². The molecule has 1 N–H and O–H groups in total. The molecule has 1 saturated heterocycles. The van der Waals surface area contributed by atoms with Crippen LogP contribution < -0.4 is 0 Å². The quantitative estimate of drug-likeness (QED) is 0.804. The van der Waals surface area contributed by atoms with Crippen LogP contribution in [-0.2, 0) is 20.9 Å². The summed E-state index contributed by atoms with van der Waals surface area (Å²) >= 11 is 0. The van der Waals surface area contributed by atoms with Crippen LogP contribution in [0.15, 0.2) is 30.3 Å². The molecule has 160 valence electrons. The summed E-state index contributed by atoms with van der Waals surface area (Å²) in [6, 6.07) is 9.20. The van der Waals surface area contributed by atoms with E-state index in [0.717, 1.165) is 5.56 Å². The van der Waals surface area contributed by atoms with E-state index in [1.807, 2.05) is 37.3 Å². The summed E-state index contributed by atoms with van der Waals surface area (Å²) in [5, 5.41) is 9.30. The Morgan fingerprint density at radius 3 is 2.24 bits per heavy atom. The topological polar surface area (TPSA) is 96.4 Å². The van der Waals surface area contributed by atoms with Gasteiger partial charge < -0.3 is 19.5 Å². The largest absolute Gasteiger partial charge is 0.480 e. The third-order valence-electron chi connectivity index (χ3n) is 4.86. The van der Waals surface area contributed by atoms with Crippen LogP contribution in [0.3, 0.4) is 0 Å². The van der Waals surface area contributed by atoms with Gasteiger partial charge in [-0.2, -0.15) is 0 Å². The number of piperidine rings is 1. The first-order valence-electron chi connectivity index (χ1n) is 9.68. The lowest BCUT2D eigenvalue weighted by Crippen LogP contribution is -2.58. The van der Waals surface area contributed by atoms with E-state index in [0.29, 0.717) is 25.9 Å². The summed E-state index contributed by atoms with van der Waals surface area (Å²) in [5.74, 6) is -1.11. The SMILES string of the molecule is CC(C)(C)OC(=O)N1CCC(C)(N(CC(=O)O)C(=O)OCc2ccccc2)CC1. The van der Waals surface area contributed by atoms with Crippen molar-refractivity contribution >= 4 is 18.2 Å². The molecule has 0 saturated carbocycles. The molecule has 2 rings (SSSR count). The normalized spacial score (nSPS) is 16.1. The number of aliphatic carboxylic acids is 1. The molecule has 1 aromatic rings. The van der Waals surface area contributed by atoms with E-state index in [1.54, 1.807) is 25.7 Å². The van der Waals surface area contributed by atoms with Gasteiger partial charge in [-0.3, -0.25) is 9.69 Å². The molecule has 1 aromatic carbocycles. The maximum Gasteiger partial charge on any atom is 0.411 e. The Kier molecular flexibility index (Phi) is 7.11. The van der Waals surface area contributed by atoms with Crippen molar-refractivity contribution in [1.29, 1.82) is 0 Å². The molecule has 1 aliphatic rings. The monoisotopic (exact) mass is 406 g/mol. The number of benzene rings is 1. The minimum Gasteiger partial charge on any atom is -0.480 e. The number of likely N-dealkylation sites (tertiary alicyclic amines) is 1. The predicted octanol–water partition coefficient (Wildman–Crippen LogP) is 3.50. The molecule has 8 heteroatoms. The van der Waals surface area contributed by atoms with Crippen molar-refractivity contribution in [3.8, 4) is 0 Å². The summed E-state index contributed by atoms with van der Waals surface area (Å²) in [6.07, 6.45) is -0.222. The molecule has 29 heavy (non-hydrogen) atoms. The first kappa shape index (κ1) is 22.5. The van der Waals surface area contributed by atoms with Crippen molar-refractivity contribution in [2.24, 2.45) is 0 Å². The Morgan fingerprint density at radius 1 is 1.14 bits per heavy atom. The summed E-state index contributed by atoms with van der Waals surface area (Å²) in [6.45, 7) is 7.57. The molecule has 0 bridgehead atoms. The third-order valence-corrected chi connectivity index (χ3v) is 4.86. The average Bonchev–Trinajstić information content (AvgIpc) is 2.64. The fourth-order valence-electron chi connectivity index (χ4n) is 3.18. The van der Waals surface area contributed by atoms with Gasteiger partial charge in [0.25, 0.3) is 0 Å². The second kappa shape index (κ2) is 9.15. The van der Waals surface area contributed by atoms with E-state index in [1.165, 1.54) is 4.90 Å². The van der Waals surface area contributed by atoms with Crippen LogP contribution in [0.4, 0.5) is 9.59 Å². The van der Waals surface area contributed by atoms with Crippen LogP contribution in [0.2, 0.25) is 0 Å². The number of ether oxygens (including phenoxy) is 2. The number of carbonyl (C=O) groups is 3. The molecule has 2 amide bonds. The van der Waals surface area contributed by atoms with Crippen molar-refractivity contribution < 1.29 is 29.0 Å². The second-order valence-corrected chi connectivity index (χ2v) is 8.48. The van der Waals surface area contributed by atoms with Gasteiger partial charge in [0, 0.05) is 18.6 Å². The van der Waals surface area contributed by atoms with Gasteiger partial charge in [0.05, 0.1) is 0 Å². The van der Waals surface area contributed by atoms with Crippen molar-refractivity contribution in [2.45, 2.75) is 58.3 Å². The van der Waals surface area contributed by atoms with Crippen LogP contribution >= 0.6 is 0 Å². The Labute approximate surface area is 171 Å². The van der Waals surface area contributed by atoms with Gasteiger partial charge in [0.15, 0.2) is 0 Å². The molecular formula is C21H30N2O6. The number of nitrogens with zero attached hydrogens (tertiary/aromatic N) is 2. The summed E-state index contributed by atoms with van der Waals surface area (Å²) in [4.78, 5) is 39.2. The zero-order valence-corrected chi connectivity index (χ0v) is 17.5. The molecule has 0 aromatic heterocycles. The van der Waals surface area contributed by atoms with Gasteiger partial charge in [-0.05, 0) is 46.1 Å². The van der Waals surface area contributed by atoms with E-state index in [-0.39, 0.29) is 6.61 Å². The average molecular weight is 406 g/mol. The van der Waals surface area contributed by atoms with Crippen LogP contribution in [0.5, 0.6) is 0 Å². The lowest BCUT2D eigenvalue weighted by molar-refractivity contribution is -0.140. The molecule has 0 atom stereocenters. The molecule has 1 fully saturated rings. The highest BCUT2D eigenvalue weighted by atomic mass is 16.6. The first-order valence-corrected chi connectivity index (χ1v) is 9.68. The summed E-state index contributed by atoms with van der Waals surface area (Å²) < 4.78 is 10.8. The number of carbonyl (C=O) groups excluding carboxylic acids is 2. The Balaban J connectivity index is 2.02. The first-order chi connectivity index (χ1) is 13.5. The fourth-order valence-corrected chi connectivity index (χ4v) is 3.18. The fraction of sp³-hybridized carbons (Fsp3) is 0.571. The zero-order valence-electron chi connectivity index (χ0n) is 17.5. The number of carboxylic acid groups (broad SMARTS) is 1. The molecule has 1 aliphatic heterocycles. The number of amides is 2. The molecule has 1 heterocycles.